The van der Waals surface area contributed by atoms with Crippen LogP contribution in [0.2, 0.25) is 0 Å². The van der Waals surface area contributed by atoms with Crippen LogP contribution >= 0.6 is 11.3 Å². The number of piperidine rings is 1. The van der Waals surface area contributed by atoms with E-state index in [1.165, 1.54) is 0 Å². The number of aryl methyl sites for hydroxylation is 1. The highest BCUT2D eigenvalue weighted by Gasteiger charge is 2.35. The van der Waals surface area contributed by atoms with Crippen LogP contribution in [0.4, 0.5) is 30.8 Å². The zero-order valence-electron chi connectivity index (χ0n) is 20.5. The van der Waals surface area contributed by atoms with Crippen molar-refractivity contribution in [2.45, 2.75) is 44.7 Å². The summed E-state index contributed by atoms with van der Waals surface area (Å²) in [5, 5.41) is 6.83. The van der Waals surface area contributed by atoms with E-state index >= 15 is 0 Å². The number of anilines is 3. The van der Waals surface area contributed by atoms with Crippen LogP contribution in [0.1, 0.15) is 47.0 Å². The largest absolute Gasteiger partial charge is 0.421 e. The fourth-order valence-electron chi connectivity index (χ4n) is 4.30. The number of hydrogen-bond donors (Lipinski definition) is 2. The predicted octanol–water partition coefficient (Wildman–Crippen LogP) is 3.86. The third-order valence-corrected chi connectivity index (χ3v) is 7.53. The molecule has 13 heteroatoms. The molecule has 2 aromatic rings. The van der Waals surface area contributed by atoms with Crippen LogP contribution in [-0.2, 0) is 15.7 Å². The SMILES string of the molecule is Cc1sc(C2CCN(C)CC2)nc1Nc1ncc(C(F)(F)F)c(NCCCN2CCCOCC2=O)n1. The number of carbonyl (C=O) groups excluding carboxylic acids is 1. The van der Waals surface area contributed by atoms with E-state index in [2.05, 4.69) is 32.5 Å². The van der Waals surface area contributed by atoms with Gasteiger partial charge in [-0.2, -0.15) is 18.2 Å². The van der Waals surface area contributed by atoms with Gasteiger partial charge in [0.05, 0.1) is 5.01 Å². The maximum absolute atomic E-state index is 13.6. The summed E-state index contributed by atoms with van der Waals surface area (Å²) in [6.45, 7) is 5.78. The van der Waals surface area contributed by atoms with Crippen molar-refractivity contribution in [1.29, 1.82) is 0 Å². The molecule has 2 aliphatic heterocycles. The van der Waals surface area contributed by atoms with E-state index in [4.69, 9.17) is 9.72 Å². The smallest absolute Gasteiger partial charge is 0.372 e. The Morgan fingerprint density at radius 3 is 2.72 bits per heavy atom. The Morgan fingerprint density at radius 1 is 1.19 bits per heavy atom. The Kier molecular flexibility index (Phi) is 8.62. The molecule has 1 amide bonds. The quantitative estimate of drug-likeness (QED) is 0.500. The van der Waals surface area contributed by atoms with Crippen LogP contribution in [0.5, 0.6) is 0 Å². The molecule has 0 saturated carbocycles. The summed E-state index contributed by atoms with van der Waals surface area (Å²) in [4.78, 5) is 29.7. The highest BCUT2D eigenvalue weighted by molar-refractivity contribution is 7.12. The molecule has 2 aromatic heterocycles. The zero-order chi connectivity index (χ0) is 25.7. The number of rotatable bonds is 8. The summed E-state index contributed by atoms with van der Waals surface area (Å²) in [6.07, 6.45) is -0.536. The van der Waals surface area contributed by atoms with E-state index < -0.39 is 11.7 Å². The third-order valence-electron chi connectivity index (χ3n) is 6.40. The lowest BCUT2D eigenvalue weighted by Gasteiger charge is -2.27. The predicted molar refractivity (Wildman–Crippen MR) is 132 cm³/mol. The number of carbonyl (C=O) groups is 1. The lowest BCUT2D eigenvalue weighted by molar-refractivity contribution is -0.137. The fraction of sp³-hybridized carbons (Fsp3) is 0.652. The Hall–Kier alpha value is -2.51. The third kappa shape index (κ3) is 6.83. The van der Waals surface area contributed by atoms with Crippen molar-refractivity contribution >= 4 is 34.8 Å². The lowest BCUT2D eigenvalue weighted by atomic mass is 9.98. The van der Waals surface area contributed by atoms with Crippen molar-refractivity contribution in [1.82, 2.24) is 24.8 Å². The normalized spacial score (nSPS) is 18.4. The molecule has 0 atom stereocenters. The number of ether oxygens (including phenoxy) is 1. The summed E-state index contributed by atoms with van der Waals surface area (Å²) in [7, 11) is 2.10. The van der Waals surface area contributed by atoms with Gasteiger partial charge in [0.1, 0.15) is 23.8 Å². The molecule has 0 unspecified atom stereocenters. The Labute approximate surface area is 212 Å². The van der Waals surface area contributed by atoms with Crippen LogP contribution in [0.3, 0.4) is 0 Å². The summed E-state index contributed by atoms with van der Waals surface area (Å²) in [5.74, 6) is 0.605. The van der Waals surface area contributed by atoms with Crippen LogP contribution in [0, 0.1) is 6.92 Å². The molecular weight excluding hydrogens is 495 g/mol. The first kappa shape index (κ1) is 26.6. The van der Waals surface area contributed by atoms with Gasteiger partial charge in [0.15, 0.2) is 0 Å². The Bertz CT molecular complexity index is 1040. The van der Waals surface area contributed by atoms with Crippen LogP contribution in [0.15, 0.2) is 6.20 Å². The van der Waals surface area contributed by atoms with E-state index in [0.29, 0.717) is 37.9 Å². The summed E-state index contributed by atoms with van der Waals surface area (Å²) < 4.78 is 46.0. The molecule has 0 spiro atoms. The average molecular weight is 528 g/mol. The van der Waals surface area contributed by atoms with Crippen molar-refractivity contribution in [2.24, 2.45) is 0 Å². The van der Waals surface area contributed by atoms with Gasteiger partial charge in [-0.1, -0.05) is 0 Å². The molecule has 0 bridgehead atoms. The van der Waals surface area contributed by atoms with Crippen LogP contribution in [-0.4, -0.2) is 83.6 Å². The van der Waals surface area contributed by atoms with E-state index in [1.807, 2.05) is 6.92 Å². The molecule has 2 N–H and O–H groups in total. The Balaban J connectivity index is 1.41. The first-order valence-electron chi connectivity index (χ1n) is 12.2. The van der Waals surface area contributed by atoms with Gasteiger partial charge in [0.2, 0.25) is 11.9 Å². The minimum absolute atomic E-state index is 0.0438. The zero-order valence-corrected chi connectivity index (χ0v) is 21.3. The van der Waals surface area contributed by atoms with Crippen molar-refractivity contribution in [3.05, 3.63) is 21.6 Å². The topological polar surface area (TPSA) is 95.5 Å². The number of alkyl halides is 3. The second-order valence-electron chi connectivity index (χ2n) is 9.18. The first-order chi connectivity index (χ1) is 17.2. The number of likely N-dealkylation sites (tertiary alicyclic amines) is 1. The highest BCUT2D eigenvalue weighted by Crippen LogP contribution is 2.36. The van der Waals surface area contributed by atoms with Gasteiger partial charge >= 0.3 is 6.18 Å². The molecule has 0 aromatic carbocycles. The van der Waals surface area contributed by atoms with E-state index in [9.17, 15) is 18.0 Å². The second kappa shape index (κ2) is 11.7. The number of thiazole rings is 1. The Morgan fingerprint density at radius 2 is 1.97 bits per heavy atom. The van der Waals surface area contributed by atoms with Gasteiger partial charge in [-0.3, -0.25) is 4.79 Å². The van der Waals surface area contributed by atoms with Crippen molar-refractivity contribution < 1.29 is 22.7 Å². The molecule has 4 rings (SSSR count). The molecule has 198 valence electrons. The maximum Gasteiger partial charge on any atom is 0.421 e. The highest BCUT2D eigenvalue weighted by atomic mass is 32.1. The van der Waals surface area contributed by atoms with Crippen molar-refractivity contribution in [3.8, 4) is 0 Å². The molecule has 2 fully saturated rings. The molecule has 2 saturated heterocycles. The van der Waals surface area contributed by atoms with Gasteiger partial charge in [-0.25, -0.2) is 9.97 Å². The fourth-order valence-corrected chi connectivity index (χ4v) is 5.35. The molecule has 0 radical (unpaired) electrons. The number of nitrogens with zero attached hydrogens (tertiary/aromatic N) is 5. The molecule has 0 aliphatic carbocycles. The number of nitrogens with one attached hydrogen (secondary N) is 2. The van der Waals surface area contributed by atoms with Gasteiger partial charge < -0.3 is 25.2 Å². The van der Waals surface area contributed by atoms with Gasteiger partial charge in [-0.15, -0.1) is 11.3 Å². The van der Waals surface area contributed by atoms with Gasteiger partial charge in [0.25, 0.3) is 0 Å². The molecule has 36 heavy (non-hydrogen) atoms. The number of halogens is 3. The molecule has 4 heterocycles. The first-order valence-corrected chi connectivity index (χ1v) is 13.0. The van der Waals surface area contributed by atoms with E-state index in [0.717, 1.165) is 48.4 Å². The van der Waals surface area contributed by atoms with E-state index in [-0.39, 0.29) is 30.8 Å². The van der Waals surface area contributed by atoms with Crippen molar-refractivity contribution in [2.75, 3.05) is 63.6 Å². The van der Waals surface area contributed by atoms with Crippen LogP contribution < -0.4 is 10.6 Å². The molecular formula is C23H32F3N7O2S. The number of amides is 1. The molecule has 9 nitrogen and oxygen atoms in total. The number of hydrogen-bond acceptors (Lipinski definition) is 9. The summed E-state index contributed by atoms with van der Waals surface area (Å²) >= 11 is 1.60. The van der Waals surface area contributed by atoms with Crippen molar-refractivity contribution in [3.63, 3.8) is 0 Å². The summed E-state index contributed by atoms with van der Waals surface area (Å²) in [5.41, 5.74) is -0.936. The van der Waals surface area contributed by atoms with Crippen LogP contribution in [0.25, 0.3) is 0 Å². The minimum atomic E-state index is -4.60. The summed E-state index contributed by atoms with van der Waals surface area (Å²) in [6, 6.07) is 0. The molecule has 2 aliphatic rings. The van der Waals surface area contributed by atoms with E-state index in [1.54, 1.807) is 16.2 Å². The maximum atomic E-state index is 13.6. The monoisotopic (exact) mass is 527 g/mol. The second-order valence-corrected chi connectivity index (χ2v) is 10.4. The van der Waals surface area contributed by atoms with Gasteiger partial charge in [0, 0.05) is 43.2 Å². The minimum Gasteiger partial charge on any atom is -0.372 e. The average Bonchev–Trinajstić information content (AvgIpc) is 3.06. The van der Waals surface area contributed by atoms with Gasteiger partial charge in [-0.05, 0) is 52.7 Å². The lowest BCUT2D eigenvalue weighted by Crippen LogP contribution is -2.34. The standard InChI is InChI=1S/C23H32F3N7O2S/c1-15-19(29-21(36-15)16-5-10-32(2)11-6-16)30-22-28-13-17(23(24,25)26)20(31-22)27-7-3-8-33-9-4-12-35-14-18(33)34/h13,16H,3-12,14H2,1-2H3,(H2,27,28,30,31). The number of aromatic nitrogens is 3.